The van der Waals surface area contributed by atoms with Crippen molar-refractivity contribution in [1.82, 2.24) is 5.48 Å². The van der Waals surface area contributed by atoms with Crippen LogP contribution in [0.25, 0.3) is 0 Å². The van der Waals surface area contributed by atoms with E-state index in [-0.39, 0.29) is 5.60 Å². The normalized spacial score (nSPS) is 20.3. The maximum absolute atomic E-state index is 5.61. The van der Waals surface area contributed by atoms with Crippen molar-refractivity contribution in [1.29, 1.82) is 0 Å². The van der Waals surface area contributed by atoms with E-state index in [0.717, 1.165) is 5.75 Å². The van der Waals surface area contributed by atoms with Gasteiger partial charge in [-0.3, -0.25) is 4.84 Å². The zero-order chi connectivity index (χ0) is 10.9. The van der Waals surface area contributed by atoms with Gasteiger partial charge in [0.25, 0.3) is 0 Å². The molecule has 0 saturated heterocycles. The van der Waals surface area contributed by atoms with Gasteiger partial charge in [0.2, 0.25) is 0 Å². The van der Waals surface area contributed by atoms with Gasteiger partial charge < -0.3 is 0 Å². The second-order valence-electron chi connectivity index (χ2n) is 4.73. The van der Waals surface area contributed by atoms with Gasteiger partial charge in [-0.1, -0.05) is 18.2 Å². The Kier molecular flexibility index (Phi) is 3.05. The SMILES string of the molecule is CC(C)(C)ONC1CSc2ccccc21. The molecule has 0 aliphatic carbocycles. The number of hydrogen-bond acceptors (Lipinski definition) is 3. The fourth-order valence-electron chi connectivity index (χ4n) is 1.51. The second kappa shape index (κ2) is 4.16. The Labute approximate surface area is 95.4 Å². The fraction of sp³-hybridized carbons (Fsp3) is 0.500. The lowest BCUT2D eigenvalue weighted by atomic mass is 10.1. The predicted molar refractivity (Wildman–Crippen MR) is 63.9 cm³/mol. The molecule has 0 radical (unpaired) electrons. The summed E-state index contributed by atoms with van der Waals surface area (Å²) < 4.78 is 0. The summed E-state index contributed by atoms with van der Waals surface area (Å²) in [5.74, 6) is 1.05. The average Bonchev–Trinajstić information content (AvgIpc) is 2.57. The third-order valence-corrected chi connectivity index (χ3v) is 3.39. The van der Waals surface area contributed by atoms with E-state index in [0.29, 0.717) is 6.04 Å². The second-order valence-corrected chi connectivity index (χ2v) is 5.80. The van der Waals surface area contributed by atoms with Gasteiger partial charge in [0.15, 0.2) is 0 Å². The standard InChI is InChI=1S/C12H17NOS/c1-12(2,3)14-13-10-8-15-11-7-5-4-6-9(10)11/h4-7,10,13H,8H2,1-3H3. The van der Waals surface area contributed by atoms with Crippen molar-refractivity contribution in [3.05, 3.63) is 29.8 Å². The zero-order valence-corrected chi connectivity index (χ0v) is 10.2. The Morgan fingerprint density at radius 2 is 2.07 bits per heavy atom. The number of hydrogen-bond donors (Lipinski definition) is 1. The molecule has 0 amide bonds. The van der Waals surface area contributed by atoms with Crippen molar-refractivity contribution in [3.63, 3.8) is 0 Å². The molecule has 2 nitrogen and oxygen atoms in total. The van der Waals surface area contributed by atoms with Gasteiger partial charge >= 0.3 is 0 Å². The Morgan fingerprint density at radius 3 is 2.80 bits per heavy atom. The lowest BCUT2D eigenvalue weighted by molar-refractivity contribution is -0.0857. The van der Waals surface area contributed by atoms with E-state index in [1.807, 2.05) is 32.5 Å². The van der Waals surface area contributed by atoms with Crippen molar-refractivity contribution < 1.29 is 4.84 Å². The molecule has 82 valence electrons. The summed E-state index contributed by atoms with van der Waals surface area (Å²) in [4.78, 5) is 6.97. The molecule has 1 N–H and O–H groups in total. The van der Waals surface area contributed by atoms with Crippen LogP contribution in [0, 0.1) is 0 Å². The summed E-state index contributed by atoms with van der Waals surface area (Å²) in [6.45, 7) is 6.15. The number of rotatable bonds is 2. The Bertz CT molecular complexity index is 346. The highest BCUT2D eigenvalue weighted by atomic mass is 32.2. The highest BCUT2D eigenvalue weighted by Gasteiger charge is 2.24. The van der Waals surface area contributed by atoms with E-state index in [2.05, 4.69) is 29.7 Å². The van der Waals surface area contributed by atoms with Crippen molar-refractivity contribution >= 4 is 11.8 Å². The van der Waals surface area contributed by atoms with Gasteiger partial charge in [0.1, 0.15) is 0 Å². The lowest BCUT2D eigenvalue weighted by Gasteiger charge is -2.22. The Balaban J connectivity index is 2.02. The van der Waals surface area contributed by atoms with E-state index in [1.54, 1.807) is 0 Å². The molecule has 0 aromatic heterocycles. The molecule has 0 spiro atoms. The van der Waals surface area contributed by atoms with Gasteiger partial charge in [-0.25, -0.2) is 0 Å². The van der Waals surface area contributed by atoms with Gasteiger partial charge in [-0.15, -0.1) is 11.8 Å². The highest BCUT2D eigenvalue weighted by Crippen LogP contribution is 2.37. The predicted octanol–water partition coefficient (Wildman–Crippen LogP) is 3.15. The monoisotopic (exact) mass is 223 g/mol. The summed E-state index contributed by atoms with van der Waals surface area (Å²) >= 11 is 1.88. The number of hydroxylamine groups is 1. The summed E-state index contributed by atoms with van der Waals surface area (Å²) in [5.41, 5.74) is 4.37. The van der Waals surface area contributed by atoms with Crippen molar-refractivity contribution in [2.75, 3.05) is 5.75 Å². The minimum Gasteiger partial charge on any atom is -0.295 e. The van der Waals surface area contributed by atoms with Crippen LogP contribution in [0.15, 0.2) is 29.2 Å². The lowest BCUT2D eigenvalue weighted by Crippen LogP contribution is -2.32. The molecule has 1 aromatic carbocycles. The highest BCUT2D eigenvalue weighted by molar-refractivity contribution is 7.99. The molecular formula is C12H17NOS. The molecule has 3 heteroatoms. The minimum absolute atomic E-state index is 0.137. The van der Waals surface area contributed by atoms with E-state index in [1.165, 1.54) is 10.5 Å². The topological polar surface area (TPSA) is 21.3 Å². The van der Waals surface area contributed by atoms with Crippen LogP contribution < -0.4 is 5.48 Å². The van der Waals surface area contributed by atoms with Gasteiger partial charge in [0, 0.05) is 10.6 Å². The first-order chi connectivity index (χ1) is 7.06. The molecule has 1 heterocycles. The number of nitrogens with one attached hydrogen (secondary N) is 1. The first kappa shape index (κ1) is 11.0. The maximum atomic E-state index is 5.61. The van der Waals surface area contributed by atoms with Crippen LogP contribution >= 0.6 is 11.8 Å². The third kappa shape index (κ3) is 2.74. The van der Waals surface area contributed by atoms with Crippen LogP contribution in [0.5, 0.6) is 0 Å². The van der Waals surface area contributed by atoms with Gasteiger partial charge in [-0.05, 0) is 32.4 Å². The fourth-order valence-corrected chi connectivity index (χ4v) is 2.65. The summed E-state index contributed by atoms with van der Waals surface area (Å²) in [6, 6.07) is 8.82. The van der Waals surface area contributed by atoms with Crippen LogP contribution in [-0.2, 0) is 4.84 Å². The van der Waals surface area contributed by atoms with Crippen LogP contribution in [0.1, 0.15) is 32.4 Å². The quantitative estimate of drug-likeness (QED) is 0.778. The zero-order valence-electron chi connectivity index (χ0n) is 9.41. The molecule has 1 aliphatic heterocycles. The molecule has 15 heavy (non-hydrogen) atoms. The van der Waals surface area contributed by atoms with E-state index in [4.69, 9.17) is 4.84 Å². The van der Waals surface area contributed by atoms with E-state index in [9.17, 15) is 0 Å². The first-order valence-corrected chi connectivity index (χ1v) is 6.20. The van der Waals surface area contributed by atoms with Crippen molar-refractivity contribution in [2.45, 2.75) is 37.3 Å². The Morgan fingerprint density at radius 1 is 1.33 bits per heavy atom. The molecule has 1 aliphatic rings. The largest absolute Gasteiger partial charge is 0.295 e. The molecule has 1 unspecified atom stereocenters. The molecule has 1 aromatic rings. The summed E-state index contributed by atoms with van der Waals surface area (Å²) in [7, 11) is 0. The number of fused-ring (bicyclic) bond motifs is 1. The number of benzene rings is 1. The smallest absolute Gasteiger partial charge is 0.0813 e. The first-order valence-electron chi connectivity index (χ1n) is 5.21. The van der Waals surface area contributed by atoms with Crippen LogP contribution in [0.4, 0.5) is 0 Å². The Hall–Kier alpha value is -0.510. The van der Waals surface area contributed by atoms with E-state index < -0.39 is 0 Å². The van der Waals surface area contributed by atoms with Crippen LogP contribution in [-0.4, -0.2) is 11.4 Å². The van der Waals surface area contributed by atoms with E-state index >= 15 is 0 Å². The maximum Gasteiger partial charge on any atom is 0.0813 e. The van der Waals surface area contributed by atoms with Gasteiger partial charge in [-0.2, -0.15) is 5.48 Å². The average molecular weight is 223 g/mol. The summed E-state index contributed by atoms with van der Waals surface area (Å²) in [6.07, 6.45) is 0. The third-order valence-electron chi connectivity index (χ3n) is 2.21. The van der Waals surface area contributed by atoms with Gasteiger partial charge in [0.05, 0.1) is 11.6 Å². The van der Waals surface area contributed by atoms with Crippen LogP contribution in [0.3, 0.4) is 0 Å². The molecule has 1 atom stereocenters. The molecule has 0 fully saturated rings. The minimum atomic E-state index is -0.137. The molecule has 0 saturated carbocycles. The molecule has 2 rings (SSSR count). The van der Waals surface area contributed by atoms with Crippen molar-refractivity contribution in [3.8, 4) is 0 Å². The van der Waals surface area contributed by atoms with Crippen LogP contribution in [0.2, 0.25) is 0 Å². The number of thioether (sulfide) groups is 1. The molecular weight excluding hydrogens is 206 g/mol. The van der Waals surface area contributed by atoms with Crippen molar-refractivity contribution in [2.24, 2.45) is 0 Å². The summed E-state index contributed by atoms with van der Waals surface area (Å²) in [5, 5.41) is 0. The molecule has 0 bridgehead atoms.